The fraction of sp³-hybridized carbons (Fsp3) is 0.105. The van der Waals surface area contributed by atoms with Crippen LogP contribution in [0, 0.1) is 5.82 Å². The summed E-state index contributed by atoms with van der Waals surface area (Å²) in [6.45, 7) is 0.430. The molecule has 0 atom stereocenters. The molecule has 8 heteroatoms. The number of benzene rings is 2. The molecule has 2 aromatic carbocycles. The van der Waals surface area contributed by atoms with Crippen LogP contribution in [0.3, 0.4) is 0 Å². The predicted octanol–water partition coefficient (Wildman–Crippen LogP) is 4.52. The maximum absolute atomic E-state index is 14.0. The largest absolute Gasteiger partial charge is 0.465 e. The summed E-state index contributed by atoms with van der Waals surface area (Å²) in [7, 11) is 1.31. The third-order valence-corrected chi connectivity index (χ3v) is 4.37. The second-order valence-corrected chi connectivity index (χ2v) is 6.39. The number of esters is 1. The number of carbonyl (C=O) groups is 1. The molecule has 0 spiro atoms. The van der Waals surface area contributed by atoms with Crippen molar-refractivity contribution in [2.75, 3.05) is 17.7 Å². The summed E-state index contributed by atoms with van der Waals surface area (Å²) in [5.74, 6) is -0.745. The maximum atomic E-state index is 14.0. The first-order chi connectivity index (χ1) is 13.1. The Morgan fingerprint density at radius 3 is 2.74 bits per heavy atom. The molecule has 1 heterocycles. The summed E-state index contributed by atoms with van der Waals surface area (Å²) in [5, 5.41) is 5.91. The molecule has 0 saturated heterocycles. The number of ether oxygens (including phenoxy) is 1. The fourth-order valence-electron chi connectivity index (χ4n) is 2.33. The van der Waals surface area contributed by atoms with Gasteiger partial charge >= 0.3 is 5.97 Å². The van der Waals surface area contributed by atoms with Crippen LogP contribution in [0.5, 0.6) is 0 Å². The molecule has 0 amide bonds. The van der Waals surface area contributed by atoms with Crippen LogP contribution < -0.4 is 10.6 Å². The topological polar surface area (TPSA) is 76.1 Å². The van der Waals surface area contributed by atoms with Crippen LogP contribution in [0.2, 0.25) is 0 Å². The molecule has 0 radical (unpaired) electrons. The number of rotatable bonds is 6. The smallest absolute Gasteiger partial charge is 0.339 e. The summed E-state index contributed by atoms with van der Waals surface area (Å²) in [4.78, 5) is 19.9. The Labute approximate surface area is 163 Å². The van der Waals surface area contributed by atoms with Gasteiger partial charge in [-0.15, -0.1) is 0 Å². The Morgan fingerprint density at radius 1 is 1.22 bits per heavy atom. The molecule has 3 rings (SSSR count). The van der Waals surface area contributed by atoms with Crippen LogP contribution >= 0.6 is 15.9 Å². The lowest BCUT2D eigenvalue weighted by Gasteiger charge is -2.11. The van der Waals surface area contributed by atoms with Crippen molar-refractivity contribution in [1.82, 2.24) is 9.97 Å². The third kappa shape index (κ3) is 4.79. The summed E-state index contributed by atoms with van der Waals surface area (Å²) in [6, 6.07) is 14.6. The zero-order valence-electron chi connectivity index (χ0n) is 14.4. The van der Waals surface area contributed by atoms with Crippen molar-refractivity contribution in [3.63, 3.8) is 0 Å². The number of nitrogens with one attached hydrogen (secondary N) is 2. The Balaban J connectivity index is 1.77. The van der Waals surface area contributed by atoms with E-state index in [4.69, 9.17) is 4.74 Å². The zero-order valence-corrected chi connectivity index (χ0v) is 16.0. The highest BCUT2D eigenvalue weighted by atomic mass is 79.9. The van der Waals surface area contributed by atoms with Gasteiger partial charge in [0.15, 0.2) is 11.6 Å². The van der Waals surface area contributed by atoms with Gasteiger partial charge in [-0.3, -0.25) is 0 Å². The van der Waals surface area contributed by atoms with Crippen molar-refractivity contribution < 1.29 is 13.9 Å². The minimum absolute atomic E-state index is 0.0849. The Kier molecular flexibility index (Phi) is 5.97. The lowest BCUT2D eigenvalue weighted by atomic mass is 10.2. The second-order valence-electron chi connectivity index (χ2n) is 5.54. The number of carbonyl (C=O) groups excluding carboxylic acids is 1. The van der Waals surface area contributed by atoms with E-state index >= 15 is 0 Å². The van der Waals surface area contributed by atoms with E-state index in [1.54, 1.807) is 18.2 Å². The Morgan fingerprint density at radius 2 is 2.00 bits per heavy atom. The van der Waals surface area contributed by atoms with Gasteiger partial charge in [-0.05, 0) is 39.7 Å². The van der Waals surface area contributed by atoms with Gasteiger partial charge in [0.25, 0.3) is 0 Å². The first kappa shape index (κ1) is 18.8. The fourth-order valence-corrected chi connectivity index (χ4v) is 2.74. The molecule has 138 valence electrons. The van der Waals surface area contributed by atoms with Crippen molar-refractivity contribution in [3.05, 3.63) is 76.1 Å². The molecule has 0 aliphatic carbocycles. The van der Waals surface area contributed by atoms with Crippen LogP contribution in [0.25, 0.3) is 0 Å². The molecule has 6 nitrogen and oxygen atoms in total. The van der Waals surface area contributed by atoms with Gasteiger partial charge in [-0.25, -0.2) is 14.2 Å². The number of methoxy groups -OCH3 is 1. The predicted molar refractivity (Wildman–Crippen MR) is 105 cm³/mol. The third-order valence-electron chi connectivity index (χ3n) is 3.67. The van der Waals surface area contributed by atoms with Crippen LogP contribution in [-0.2, 0) is 11.3 Å². The minimum Gasteiger partial charge on any atom is -0.465 e. The Hall–Kier alpha value is -3.00. The lowest BCUT2D eigenvalue weighted by Crippen LogP contribution is -2.07. The van der Waals surface area contributed by atoms with Crippen LogP contribution in [0.1, 0.15) is 15.9 Å². The highest BCUT2D eigenvalue weighted by molar-refractivity contribution is 9.10. The molecule has 0 fully saturated rings. The molecule has 1 aromatic heterocycles. The van der Waals surface area contributed by atoms with Gasteiger partial charge in [0, 0.05) is 16.7 Å². The van der Waals surface area contributed by atoms with Gasteiger partial charge in [-0.1, -0.05) is 30.3 Å². The first-order valence-corrected chi connectivity index (χ1v) is 8.81. The summed E-state index contributed by atoms with van der Waals surface area (Å²) in [6.07, 6.45) is 1.09. The number of hydrogen-bond acceptors (Lipinski definition) is 6. The van der Waals surface area contributed by atoms with E-state index in [-0.39, 0.29) is 11.8 Å². The van der Waals surface area contributed by atoms with E-state index in [0.29, 0.717) is 22.3 Å². The van der Waals surface area contributed by atoms with Crippen molar-refractivity contribution in [2.24, 2.45) is 0 Å². The zero-order chi connectivity index (χ0) is 19.2. The summed E-state index contributed by atoms with van der Waals surface area (Å²) in [5.41, 5.74) is 1.92. The molecule has 0 unspecified atom stereocenters. The highest BCUT2D eigenvalue weighted by Crippen LogP contribution is 2.24. The SMILES string of the molecule is COC(=O)c1cc(Nc2ncc(F)c(NCc3ccccc3)n2)ccc1Br. The van der Waals surface area contributed by atoms with Crippen LogP contribution in [0.4, 0.5) is 21.8 Å². The molecule has 0 saturated carbocycles. The molecular formula is C19H16BrFN4O2. The molecule has 0 aliphatic rings. The number of anilines is 3. The standard InChI is InChI=1S/C19H16BrFN4O2/c1-27-18(26)14-9-13(7-8-15(14)20)24-19-23-11-16(21)17(25-19)22-10-12-5-3-2-4-6-12/h2-9,11H,10H2,1H3,(H2,22,23,24,25). The number of hydrogen-bond donors (Lipinski definition) is 2. The number of aromatic nitrogens is 2. The second kappa shape index (κ2) is 8.59. The normalized spacial score (nSPS) is 10.3. The van der Waals surface area contributed by atoms with E-state index in [2.05, 4.69) is 36.5 Å². The average molecular weight is 431 g/mol. The first-order valence-electron chi connectivity index (χ1n) is 8.02. The van der Waals surface area contributed by atoms with E-state index < -0.39 is 11.8 Å². The minimum atomic E-state index is -0.553. The maximum Gasteiger partial charge on any atom is 0.339 e. The molecule has 2 N–H and O–H groups in total. The van der Waals surface area contributed by atoms with Gasteiger partial charge < -0.3 is 15.4 Å². The molecular weight excluding hydrogens is 415 g/mol. The van der Waals surface area contributed by atoms with Gasteiger partial charge in [0.05, 0.1) is 18.9 Å². The Bertz CT molecular complexity index is 954. The average Bonchev–Trinajstić information content (AvgIpc) is 2.70. The monoisotopic (exact) mass is 430 g/mol. The molecule has 0 bridgehead atoms. The van der Waals surface area contributed by atoms with Gasteiger partial charge in [0.2, 0.25) is 5.95 Å². The van der Waals surface area contributed by atoms with E-state index in [9.17, 15) is 9.18 Å². The molecule has 3 aromatic rings. The van der Waals surface area contributed by atoms with Crippen molar-refractivity contribution >= 4 is 39.4 Å². The van der Waals surface area contributed by atoms with E-state index in [1.165, 1.54) is 7.11 Å². The van der Waals surface area contributed by atoms with Crippen molar-refractivity contribution in [3.8, 4) is 0 Å². The highest BCUT2D eigenvalue weighted by Gasteiger charge is 2.12. The van der Waals surface area contributed by atoms with Crippen molar-refractivity contribution in [1.29, 1.82) is 0 Å². The van der Waals surface area contributed by atoms with Gasteiger partial charge in [-0.2, -0.15) is 4.98 Å². The lowest BCUT2D eigenvalue weighted by molar-refractivity contribution is 0.0599. The number of halogens is 2. The van der Waals surface area contributed by atoms with Crippen LogP contribution in [0.15, 0.2) is 59.2 Å². The van der Waals surface area contributed by atoms with E-state index in [0.717, 1.165) is 11.8 Å². The molecule has 27 heavy (non-hydrogen) atoms. The quantitative estimate of drug-likeness (QED) is 0.559. The van der Waals surface area contributed by atoms with Crippen LogP contribution in [-0.4, -0.2) is 23.0 Å². The number of nitrogens with zero attached hydrogens (tertiary/aromatic N) is 2. The van der Waals surface area contributed by atoms with Crippen molar-refractivity contribution in [2.45, 2.75) is 6.54 Å². The molecule has 0 aliphatic heterocycles. The van der Waals surface area contributed by atoms with E-state index in [1.807, 2.05) is 30.3 Å². The summed E-state index contributed by atoms with van der Waals surface area (Å²) < 4.78 is 19.3. The summed E-state index contributed by atoms with van der Waals surface area (Å²) >= 11 is 3.30. The van der Waals surface area contributed by atoms with Gasteiger partial charge in [0.1, 0.15) is 0 Å².